The average molecular weight is 599 g/mol. The first-order valence-electron chi connectivity index (χ1n) is 15.4. The highest BCUT2D eigenvalue weighted by Gasteiger charge is 2.47. The minimum Gasteiger partial charge on any atom is -1.00 e. The smallest absolute Gasteiger partial charge is 0.305 e. The molecule has 0 atom stereocenters. The number of carbonyl (C=O) groups excluding carboxylic acids is 1. The van der Waals surface area contributed by atoms with Gasteiger partial charge in [0.2, 0.25) is 0 Å². The molecule has 0 aromatic carbocycles. The summed E-state index contributed by atoms with van der Waals surface area (Å²) in [6, 6.07) is 6.45. The van der Waals surface area contributed by atoms with Crippen molar-refractivity contribution in [1.29, 1.82) is 0 Å². The lowest BCUT2D eigenvalue weighted by atomic mass is 9.82. The van der Waals surface area contributed by atoms with Crippen molar-refractivity contribution in [2.75, 3.05) is 33.5 Å². The zero-order valence-electron chi connectivity index (χ0n) is 24.5. The van der Waals surface area contributed by atoms with Gasteiger partial charge in [0, 0.05) is 31.6 Å². The molecule has 220 valence electrons. The van der Waals surface area contributed by atoms with Gasteiger partial charge in [-0.25, -0.2) is 4.57 Å². The molecule has 1 aliphatic rings. The van der Waals surface area contributed by atoms with Crippen molar-refractivity contribution in [3.63, 3.8) is 0 Å². The monoisotopic (exact) mass is 597 g/mol. The highest BCUT2D eigenvalue weighted by Crippen LogP contribution is 2.31. The molecule has 38 heavy (non-hydrogen) atoms. The summed E-state index contributed by atoms with van der Waals surface area (Å²) in [5.74, 6) is -0.116. The minimum absolute atomic E-state index is 0. The van der Waals surface area contributed by atoms with Crippen molar-refractivity contribution in [2.24, 2.45) is 0 Å². The van der Waals surface area contributed by atoms with E-state index in [-0.39, 0.29) is 28.4 Å². The maximum atomic E-state index is 11.3. The Kier molecular flexibility index (Phi) is 21.0. The third-order valence-electron chi connectivity index (χ3n) is 7.77. The van der Waals surface area contributed by atoms with Gasteiger partial charge in [0.1, 0.15) is 12.0 Å². The van der Waals surface area contributed by atoms with Gasteiger partial charge >= 0.3 is 5.97 Å². The number of hydrogen-bond donors (Lipinski definition) is 0. The molecule has 1 aromatic heterocycles. The lowest BCUT2D eigenvalue weighted by molar-refractivity contribution is -0.710. The number of esters is 1. The number of nitrogens with zero attached hydrogens (tertiary/aromatic N) is 1. The standard InChI is InChI=1S/C32H56NO4.BrH/c1-3-4-5-6-7-8-9-10-11-12-13-14-15-21-26-36-27-32(28-37-29-32)30-22-18-20-25-33(30)24-19-16-17-23-31(34)35-2;/h18,20,22,25H,3-17,19,21,23-24,26-29H2,1-2H3;1H/q+1;/p-1. The fourth-order valence-corrected chi connectivity index (χ4v) is 5.30. The summed E-state index contributed by atoms with van der Waals surface area (Å²) < 4.78 is 19.0. The van der Waals surface area contributed by atoms with Crippen LogP contribution < -0.4 is 21.5 Å². The second kappa shape index (κ2) is 22.8. The van der Waals surface area contributed by atoms with Gasteiger partial charge < -0.3 is 31.2 Å². The van der Waals surface area contributed by atoms with Crippen LogP contribution >= 0.6 is 0 Å². The maximum absolute atomic E-state index is 11.3. The number of unbranched alkanes of at least 4 members (excludes halogenated alkanes) is 15. The van der Waals surface area contributed by atoms with Crippen LogP contribution in [0.2, 0.25) is 0 Å². The van der Waals surface area contributed by atoms with Crippen LogP contribution in [0.5, 0.6) is 0 Å². The van der Waals surface area contributed by atoms with Gasteiger partial charge in [-0.15, -0.1) is 0 Å². The first-order valence-corrected chi connectivity index (χ1v) is 15.4. The Bertz CT molecular complexity index is 710. The van der Waals surface area contributed by atoms with E-state index in [1.165, 1.54) is 96.3 Å². The topological polar surface area (TPSA) is 48.6 Å². The van der Waals surface area contributed by atoms with Gasteiger partial charge in [-0.3, -0.25) is 4.79 Å². The number of ether oxygens (including phenoxy) is 3. The van der Waals surface area contributed by atoms with Crippen LogP contribution in [0.15, 0.2) is 24.4 Å². The van der Waals surface area contributed by atoms with Crippen LogP contribution in [-0.2, 0) is 31.0 Å². The molecule has 1 aromatic rings. The highest BCUT2D eigenvalue weighted by molar-refractivity contribution is 5.68. The second-order valence-corrected chi connectivity index (χ2v) is 11.1. The van der Waals surface area contributed by atoms with Gasteiger partial charge in [0.05, 0.1) is 26.9 Å². The van der Waals surface area contributed by atoms with E-state index in [1.54, 1.807) is 0 Å². The number of hydrogen-bond acceptors (Lipinski definition) is 4. The summed E-state index contributed by atoms with van der Waals surface area (Å²) >= 11 is 0. The Hall–Kier alpha value is -0.980. The summed E-state index contributed by atoms with van der Waals surface area (Å²) in [6.45, 7) is 6.29. The van der Waals surface area contributed by atoms with E-state index in [0.717, 1.165) is 58.7 Å². The van der Waals surface area contributed by atoms with Crippen molar-refractivity contribution >= 4 is 5.97 Å². The van der Waals surface area contributed by atoms with E-state index in [2.05, 4.69) is 35.9 Å². The largest absolute Gasteiger partial charge is 1.00 e. The van der Waals surface area contributed by atoms with Crippen molar-refractivity contribution in [3.8, 4) is 0 Å². The van der Waals surface area contributed by atoms with Crippen LogP contribution in [0.25, 0.3) is 0 Å². The van der Waals surface area contributed by atoms with E-state index >= 15 is 0 Å². The fourth-order valence-electron chi connectivity index (χ4n) is 5.30. The molecule has 0 aliphatic carbocycles. The van der Waals surface area contributed by atoms with Crippen molar-refractivity contribution in [3.05, 3.63) is 30.1 Å². The van der Waals surface area contributed by atoms with Crippen LogP contribution in [0.1, 0.15) is 128 Å². The summed E-state index contributed by atoms with van der Waals surface area (Å²) in [6.07, 6.45) is 25.0. The Labute approximate surface area is 244 Å². The Balaban J connectivity index is 0.00000722. The van der Waals surface area contributed by atoms with Crippen LogP contribution in [0, 0.1) is 0 Å². The van der Waals surface area contributed by atoms with Gasteiger partial charge in [-0.05, 0) is 19.3 Å². The molecular weight excluding hydrogens is 542 g/mol. The molecule has 1 aliphatic heterocycles. The summed E-state index contributed by atoms with van der Waals surface area (Å²) in [5, 5.41) is 0. The van der Waals surface area contributed by atoms with Gasteiger partial charge in [-0.2, -0.15) is 0 Å². The molecule has 0 radical (unpaired) electrons. The van der Waals surface area contributed by atoms with Crippen molar-refractivity contribution in [2.45, 2.75) is 134 Å². The molecular formula is C32H56BrNO4. The average Bonchev–Trinajstić information content (AvgIpc) is 2.89. The summed E-state index contributed by atoms with van der Waals surface area (Å²) in [5.41, 5.74) is 1.29. The predicted molar refractivity (Wildman–Crippen MR) is 151 cm³/mol. The zero-order valence-corrected chi connectivity index (χ0v) is 26.1. The number of carbonyl (C=O) groups is 1. The fraction of sp³-hybridized carbons (Fsp3) is 0.812. The normalized spacial score (nSPS) is 14.1. The van der Waals surface area contributed by atoms with Crippen molar-refractivity contribution < 1.29 is 40.6 Å². The first-order chi connectivity index (χ1) is 18.2. The Morgan fingerprint density at radius 2 is 1.42 bits per heavy atom. The lowest BCUT2D eigenvalue weighted by Crippen LogP contribution is -3.00. The third kappa shape index (κ3) is 14.4. The molecule has 0 amide bonds. The zero-order chi connectivity index (χ0) is 26.4. The van der Waals surface area contributed by atoms with E-state index in [0.29, 0.717) is 6.42 Å². The SMILES string of the molecule is CCCCCCCCCCCCCCCCOCC1(c2cccc[n+]2CCCCCC(=O)OC)COC1.[Br-]. The van der Waals surface area contributed by atoms with E-state index < -0.39 is 0 Å². The van der Waals surface area contributed by atoms with E-state index in [1.807, 2.05) is 0 Å². The highest BCUT2D eigenvalue weighted by atomic mass is 79.9. The van der Waals surface area contributed by atoms with Gasteiger partial charge in [0.25, 0.3) is 0 Å². The molecule has 1 fully saturated rings. The minimum atomic E-state index is -0.116. The van der Waals surface area contributed by atoms with Crippen molar-refractivity contribution in [1.82, 2.24) is 0 Å². The molecule has 0 N–H and O–H groups in total. The molecule has 6 heteroatoms. The van der Waals surface area contributed by atoms with Crippen LogP contribution in [-0.4, -0.2) is 39.5 Å². The number of pyridine rings is 1. The molecule has 2 rings (SSSR count). The maximum Gasteiger partial charge on any atom is 0.305 e. The number of halogens is 1. The molecule has 5 nitrogen and oxygen atoms in total. The Morgan fingerprint density at radius 3 is 1.97 bits per heavy atom. The molecule has 2 heterocycles. The van der Waals surface area contributed by atoms with Crippen LogP contribution in [0.3, 0.4) is 0 Å². The summed E-state index contributed by atoms with van der Waals surface area (Å²) in [4.78, 5) is 11.3. The quantitative estimate of drug-likeness (QED) is 0.100. The third-order valence-corrected chi connectivity index (χ3v) is 7.77. The number of rotatable bonds is 24. The second-order valence-electron chi connectivity index (χ2n) is 11.1. The summed E-state index contributed by atoms with van der Waals surface area (Å²) in [7, 11) is 1.45. The van der Waals surface area contributed by atoms with Gasteiger partial charge in [-0.1, -0.05) is 96.5 Å². The van der Waals surface area contributed by atoms with Gasteiger partial charge in [0.15, 0.2) is 11.9 Å². The molecule has 0 bridgehead atoms. The molecule has 1 saturated heterocycles. The van der Waals surface area contributed by atoms with Crippen LogP contribution in [0.4, 0.5) is 0 Å². The predicted octanol–water partition coefficient (Wildman–Crippen LogP) is 4.48. The number of aryl methyl sites for hydroxylation is 1. The van der Waals surface area contributed by atoms with E-state index in [4.69, 9.17) is 14.2 Å². The number of aromatic nitrogens is 1. The number of methoxy groups -OCH3 is 1. The molecule has 0 spiro atoms. The molecule has 0 saturated carbocycles. The van der Waals surface area contributed by atoms with E-state index in [9.17, 15) is 4.79 Å². The Morgan fingerprint density at radius 1 is 0.842 bits per heavy atom. The molecule has 0 unspecified atom stereocenters. The first kappa shape index (κ1) is 35.0. The lowest BCUT2D eigenvalue weighted by Gasteiger charge is -2.38.